The van der Waals surface area contributed by atoms with Crippen LogP contribution in [0.5, 0.6) is 0 Å². The van der Waals surface area contributed by atoms with E-state index in [9.17, 15) is 4.79 Å². The Morgan fingerprint density at radius 1 is 1.30 bits per heavy atom. The molecule has 2 rings (SSSR count). The van der Waals surface area contributed by atoms with Gasteiger partial charge in [0, 0.05) is 29.9 Å². The van der Waals surface area contributed by atoms with Gasteiger partial charge in [0.05, 0.1) is 0 Å². The molecular weight excluding hydrogens is 250 g/mol. The van der Waals surface area contributed by atoms with Crippen molar-refractivity contribution in [3.63, 3.8) is 0 Å². The van der Waals surface area contributed by atoms with Crippen LogP contribution in [-0.2, 0) is 0 Å². The Morgan fingerprint density at radius 2 is 2.05 bits per heavy atom. The number of carbonyl (C=O) groups excluding carboxylic acids is 1. The van der Waals surface area contributed by atoms with E-state index < -0.39 is 0 Å². The molecular formula is C16H23N3O. The Hall–Kier alpha value is -1.81. The first-order valence-electron chi connectivity index (χ1n) is 7.24. The molecule has 2 N–H and O–H groups in total. The maximum Gasteiger partial charge on any atom is 0.251 e. The summed E-state index contributed by atoms with van der Waals surface area (Å²) >= 11 is 0. The topological polar surface area (TPSA) is 48.1 Å². The molecule has 1 aromatic heterocycles. The Labute approximate surface area is 120 Å². The first-order chi connectivity index (χ1) is 9.63. The van der Waals surface area contributed by atoms with Crippen molar-refractivity contribution in [3.05, 3.63) is 36.0 Å². The number of hydrogen-bond donors (Lipinski definition) is 2. The number of nitrogens with one attached hydrogen (secondary N) is 2. The van der Waals surface area contributed by atoms with Crippen LogP contribution < -0.4 is 5.32 Å². The monoisotopic (exact) mass is 273 g/mol. The summed E-state index contributed by atoms with van der Waals surface area (Å²) in [6.45, 7) is 9.21. The van der Waals surface area contributed by atoms with Crippen molar-refractivity contribution >= 4 is 16.8 Å². The molecule has 108 valence electrons. The molecule has 1 aromatic carbocycles. The maximum atomic E-state index is 12.2. The molecule has 0 aliphatic heterocycles. The van der Waals surface area contributed by atoms with Crippen LogP contribution >= 0.6 is 0 Å². The van der Waals surface area contributed by atoms with Crippen LogP contribution in [0.2, 0.25) is 0 Å². The smallest absolute Gasteiger partial charge is 0.251 e. The van der Waals surface area contributed by atoms with Crippen molar-refractivity contribution < 1.29 is 4.79 Å². The number of fused-ring (bicyclic) bond motifs is 1. The van der Waals surface area contributed by atoms with Crippen molar-refractivity contribution in [3.8, 4) is 0 Å². The lowest BCUT2D eigenvalue weighted by molar-refractivity contribution is 0.0930. The van der Waals surface area contributed by atoms with Crippen LogP contribution in [0.3, 0.4) is 0 Å². The zero-order valence-electron chi connectivity index (χ0n) is 12.4. The number of benzene rings is 1. The van der Waals surface area contributed by atoms with Gasteiger partial charge in [-0.05, 0) is 43.6 Å². The molecule has 0 radical (unpaired) electrons. The Balaban J connectivity index is 2.00. The highest BCUT2D eigenvalue weighted by Gasteiger charge is 2.12. The van der Waals surface area contributed by atoms with E-state index in [1.165, 1.54) is 0 Å². The molecule has 0 aliphatic rings. The average Bonchev–Trinajstić information content (AvgIpc) is 2.91. The minimum Gasteiger partial charge on any atom is -0.361 e. The van der Waals surface area contributed by atoms with Gasteiger partial charge in [-0.1, -0.05) is 19.9 Å². The molecule has 0 fully saturated rings. The fourth-order valence-electron chi connectivity index (χ4n) is 2.41. The van der Waals surface area contributed by atoms with Gasteiger partial charge in [-0.15, -0.1) is 0 Å². The number of likely N-dealkylation sites (N-methyl/N-ethyl adjacent to an activating group) is 1. The standard InChI is InChI=1S/C16H23N3O/c1-4-19(5-2)11-12(3)18-16(20)14-7-6-13-8-9-17-15(13)10-14/h6-10,12,17H,4-5,11H2,1-3H3,(H,18,20). The van der Waals surface area contributed by atoms with Gasteiger partial charge < -0.3 is 15.2 Å². The van der Waals surface area contributed by atoms with Gasteiger partial charge in [0.2, 0.25) is 0 Å². The molecule has 0 spiro atoms. The molecule has 4 heteroatoms. The number of rotatable bonds is 6. The van der Waals surface area contributed by atoms with Crippen LogP contribution in [0.25, 0.3) is 10.9 Å². The zero-order chi connectivity index (χ0) is 14.5. The van der Waals surface area contributed by atoms with E-state index in [1.54, 1.807) is 0 Å². The van der Waals surface area contributed by atoms with E-state index in [0.29, 0.717) is 5.56 Å². The summed E-state index contributed by atoms with van der Waals surface area (Å²) in [6, 6.07) is 7.88. The van der Waals surface area contributed by atoms with Gasteiger partial charge in [0.15, 0.2) is 0 Å². The molecule has 0 bridgehead atoms. The second-order valence-electron chi connectivity index (χ2n) is 5.14. The summed E-state index contributed by atoms with van der Waals surface area (Å²) in [5.41, 5.74) is 1.69. The molecule has 0 saturated carbocycles. The number of carbonyl (C=O) groups is 1. The zero-order valence-corrected chi connectivity index (χ0v) is 12.4. The minimum atomic E-state index is -0.0128. The van der Waals surface area contributed by atoms with Crippen LogP contribution in [0.15, 0.2) is 30.5 Å². The Morgan fingerprint density at radius 3 is 2.75 bits per heavy atom. The van der Waals surface area contributed by atoms with Gasteiger partial charge in [-0.3, -0.25) is 4.79 Å². The van der Waals surface area contributed by atoms with E-state index in [2.05, 4.69) is 29.0 Å². The third-order valence-electron chi connectivity index (χ3n) is 3.62. The van der Waals surface area contributed by atoms with Crippen LogP contribution in [-0.4, -0.2) is 41.5 Å². The maximum absolute atomic E-state index is 12.2. The first-order valence-corrected chi connectivity index (χ1v) is 7.24. The van der Waals surface area contributed by atoms with Gasteiger partial charge in [-0.25, -0.2) is 0 Å². The fourth-order valence-corrected chi connectivity index (χ4v) is 2.41. The van der Waals surface area contributed by atoms with E-state index >= 15 is 0 Å². The Bertz CT molecular complexity index is 572. The normalized spacial score (nSPS) is 12.8. The lowest BCUT2D eigenvalue weighted by Crippen LogP contribution is -2.41. The fraction of sp³-hybridized carbons (Fsp3) is 0.438. The lowest BCUT2D eigenvalue weighted by atomic mass is 10.1. The summed E-state index contributed by atoms with van der Waals surface area (Å²) in [5.74, 6) is -0.0128. The third-order valence-corrected chi connectivity index (χ3v) is 3.62. The quantitative estimate of drug-likeness (QED) is 0.850. The molecule has 0 aliphatic carbocycles. The van der Waals surface area contributed by atoms with Crippen LogP contribution in [0.1, 0.15) is 31.1 Å². The van der Waals surface area contributed by atoms with Crippen molar-refractivity contribution in [1.29, 1.82) is 0 Å². The number of aromatic amines is 1. The van der Waals surface area contributed by atoms with E-state index in [4.69, 9.17) is 0 Å². The highest BCUT2D eigenvalue weighted by atomic mass is 16.1. The van der Waals surface area contributed by atoms with E-state index in [-0.39, 0.29) is 11.9 Å². The van der Waals surface area contributed by atoms with Gasteiger partial charge in [0.1, 0.15) is 0 Å². The number of aromatic nitrogens is 1. The van der Waals surface area contributed by atoms with Gasteiger partial charge >= 0.3 is 0 Å². The minimum absolute atomic E-state index is 0.0128. The van der Waals surface area contributed by atoms with Gasteiger partial charge in [0.25, 0.3) is 5.91 Å². The van der Waals surface area contributed by atoms with Crippen molar-refractivity contribution in [2.45, 2.75) is 26.8 Å². The first kappa shape index (κ1) is 14.6. The number of H-pyrrole nitrogens is 1. The van der Waals surface area contributed by atoms with Crippen LogP contribution in [0.4, 0.5) is 0 Å². The third kappa shape index (κ3) is 3.39. The average molecular weight is 273 g/mol. The highest BCUT2D eigenvalue weighted by molar-refractivity contribution is 5.98. The number of hydrogen-bond acceptors (Lipinski definition) is 2. The summed E-state index contributed by atoms with van der Waals surface area (Å²) in [5, 5.41) is 4.18. The number of nitrogens with zero attached hydrogens (tertiary/aromatic N) is 1. The van der Waals surface area contributed by atoms with E-state index in [1.807, 2.05) is 37.4 Å². The molecule has 20 heavy (non-hydrogen) atoms. The Kier molecular flexibility index (Phi) is 4.79. The molecule has 1 unspecified atom stereocenters. The lowest BCUT2D eigenvalue weighted by Gasteiger charge is -2.23. The van der Waals surface area contributed by atoms with Crippen molar-refractivity contribution in [1.82, 2.24) is 15.2 Å². The number of amides is 1. The van der Waals surface area contributed by atoms with E-state index in [0.717, 1.165) is 30.5 Å². The summed E-state index contributed by atoms with van der Waals surface area (Å²) in [7, 11) is 0. The molecule has 0 saturated heterocycles. The molecule has 2 aromatic rings. The molecule has 1 atom stereocenters. The van der Waals surface area contributed by atoms with Crippen molar-refractivity contribution in [2.24, 2.45) is 0 Å². The molecule has 1 amide bonds. The predicted octanol–water partition coefficient (Wildman–Crippen LogP) is 2.63. The second-order valence-corrected chi connectivity index (χ2v) is 5.14. The summed E-state index contributed by atoms with van der Waals surface area (Å²) < 4.78 is 0. The highest BCUT2D eigenvalue weighted by Crippen LogP contribution is 2.14. The predicted molar refractivity (Wildman–Crippen MR) is 83.0 cm³/mol. The molecule has 4 nitrogen and oxygen atoms in total. The summed E-state index contributed by atoms with van der Waals surface area (Å²) in [6.07, 6.45) is 1.88. The second kappa shape index (κ2) is 6.57. The largest absolute Gasteiger partial charge is 0.361 e. The SMILES string of the molecule is CCN(CC)CC(C)NC(=O)c1ccc2cc[nH]c2c1. The summed E-state index contributed by atoms with van der Waals surface area (Å²) in [4.78, 5) is 17.7. The van der Waals surface area contributed by atoms with Crippen molar-refractivity contribution in [2.75, 3.05) is 19.6 Å². The van der Waals surface area contributed by atoms with Gasteiger partial charge in [-0.2, -0.15) is 0 Å². The molecule has 1 heterocycles. The van der Waals surface area contributed by atoms with Crippen LogP contribution in [0, 0.1) is 0 Å².